The lowest BCUT2D eigenvalue weighted by Crippen LogP contribution is -2.44. The lowest BCUT2D eigenvalue weighted by molar-refractivity contribution is -0.120. The second-order valence-corrected chi connectivity index (χ2v) is 12.5. The first-order chi connectivity index (χ1) is 23.8. The third-order valence-electron chi connectivity index (χ3n) is 9.34. The lowest BCUT2D eigenvalue weighted by atomic mass is 9.83. The van der Waals surface area contributed by atoms with Crippen LogP contribution in [-0.4, -0.2) is 22.1 Å². The van der Waals surface area contributed by atoms with Gasteiger partial charge in [-0.05, 0) is 98.5 Å². The Morgan fingerprint density at radius 3 is 1.26 bits per heavy atom. The van der Waals surface area contributed by atoms with E-state index in [9.17, 15) is 18.4 Å². The van der Waals surface area contributed by atoms with Crippen LogP contribution in [0, 0.1) is 39.3 Å². The Hall–Kier alpha value is -5.98. The molecule has 2 atom stereocenters. The lowest BCUT2D eigenvalue weighted by Gasteiger charge is -2.23. The van der Waals surface area contributed by atoms with Gasteiger partial charge < -0.3 is 31.1 Å². The van der Waals surface area contributed by atoms with Gasteiger partial charge in [0.25, 0.3) is 11.8 Å². The Morgan fingerprint density at radius 1 is 0.580 bits per heavy atom. The Bertz CT molecular complexity index is 2110. The summed E-state index contributed by atoms with van der Waals surface area (Å²) in [5.74, 6) is -0.0563. The number of rotatable bonds is 4. The van der Waals surface area contributed by atoms with Crippen LogP contribution < -0.4 is 22.1 Å². The first-order valence-corrected chi connectivity index (χ1v) is 15.7. The van der Waals surface area contributed by atoms with E-state index in [-0.39, 0.29) is 23.4 Å². The SMILES string of the molecule is Cc1noc(C)c1-c1ccc2c(c1)C(N)(c1ccc(F)cc1)C(=O)N2.Cc1noc(C)c1-c1ccc2c(c1)C(N)(c1ccc(F)cc1)C(=O)N2. The number of halogens is 2. The molecule has 2 amide bonds. The molecule has 252 valence electrons. The molecule has 0 bridgehead atoms. The van der Waals surface area contributed by atoms with E-state index in [0.29, 0.717) is 45.1 Å². The first kappa shape index (κ1) is 32.6. The van der Waals surface area contributed by atoms with Gasteiger partial charge in [0, 0.05) is 33.6 Å². The van der Waals surface area contributed by atoms with Gasteiger partial charge in [0.1, 0.15) is 34.2 Å². The van der Waals surface area contributed by atoms with Crippen molar-refractivity contribution >= 4 is 23.2 Å². The van der Waals surface area contributed by atoms with Crippen LogP contribution in [0.2, 0.25) is 0 Å². The Balaban J connectivity index is 0.000000157. The number of nitrogens with one attached hydrogen (secondary N) is 2. The molecule has 0 radical (unpaired) electrons. The maximum atomic E-state index is 13.3. The van der Waals surface area contributed by atoms with Gasteiger partial charge >= 0.3 is 0 Å². The number of aryl methyl sites for hydroxylation is 4. The zero-order chi connectivity index (χ0) is 35.5. The molecule has 6 N–H and O–H groups in total. The van der Waals surface area contributed by atoms with E-state index in [1.165, 1.54) is 48.5 Å². The van der Waals surface area contributed by atoms with E-state index in [2.05, 4.69) is 20.9 Å². The van der Waals surface area contributed by atoms with Crippen molar-refractivity contribution in [2.24, 2.45) is 11.5 Å². The molecule has 2 unspecified atom stereocenters. The number of amides is 2. The fourth-order valence-corrected chi connectivity index (χ4v) is 6.75. The summed E-state index contributed by atoms with van der Waals surface area (Å²) >= 11 is 0. The summed E-state index contributed by atoms with van der Waals surface area (Å²) in [5, 5.41) is 13.6. The number of benzene rings is 4. The topological polar surface area (TPSA) is 162 Å². The smallest absolute Gasteiger partial charge is 0.253 e. The predicted octanol–water partition coefficient (Wildman–Crippen LogP) is 6.50. The van der Waals surface area contributed by atoms with E-state index >= 15 is 0 Å². The molecular weight excluding hydrogens is 642 g/mol. The van der Waals surface area contributed by atoms with Crippen LogP contribution in [0.25, 0.3) is 22.3 Å². The van der Waals surface area contributed by atoms with Crippen molar-refractivity contribution in [3.05, 3.63) is 142 Å². The number of aromatic nitrogens is 2. The van der Waals surface area contributed by atoms with E-state index < -0.39 is 11.1 Å². The molecule has 0 saturated carbocycles. The van der Waals surface area contributed by atoms with Gasteiger partial charge in [-0.25, -0.2) is 8.78 Å². The van der Waals surface area contributed by atoms with Crippen molar-refractivity contribution in [1.29, 1.82) is 0 Å². The molecule has 8 rings (SSSR count). The number of fused-ring (bicyclic) bond motifs is 2. The first-order valence-electron chi connectivity index (χ1n) is 15.7. The highest BCUT2D eigenvalue weighted by atomic mass is 19.1. The van der Waals surface area contributed by atoms with Gasteiger partial charge in [0.15, 0.2) is 0 Å². The molecule has 2 aromatic heterocycles. The molecule has 0 saturated heterocycles. The van der Waals surface area contributed by atoms with Crippen LogP contribution in [0.1, 0.15) is 45.2 Å². The van der Waals surface area contributed by atoms with Crippen molar-refractivity contribution in [2.75, 3.05) is 10.6 Å². The van der Waals surface area contributed by atoms with Crippen molar-refractivity contribution in [1.82, 2.24) is 10.3 Å². The maximum absolute atomic E-state index is 13.3. The van der Waals surface area contributed by atoms with Crippen LogP contribution >= 0.6 is 0 Å². The third kappa shape index (κ3) is 5.08. The summed E-state index contributed by atoms with van der Waals surface area (Å²) < 4.78 is 37.0. The number of carbonyl (C=O) groups is 2. The molecule has 6 aromatic rings. The molecule has 0 spiro atoms. The minimum atomic E-state index is -1.38. The molecule has 4 aromatic carbocycles. The summed E-state index contributed by atoms with van der Waals surface area (Å²) in [4.78, 5) is 25.2. The van der Waals surface area contributed by atoms with Crippen LogP contribution in [0.15, 0.2) is 94.0 Å². The summed E-state index contributed by atoms with van der Waals surface area (Å²) in [6, 6.07) is 22.5. The largest absolute Gasteiger partial charge is 0.361 e. The maximum Gasteiger partial charge on any atom is 0.253 e. The summed E-state index contributed by atoms with van der Waals surface area (Å²) in [6.07, 6.45) is 0. The van der Waals surface area contributed by atoms with Crippen molar-refractivity contribution in [2.45, 2.75) is 38.8 Å². The summed E-state index contributed by atoms with van der Waals surface area (Å²) in [6.45, 7) is 7.39. The van der Waals surface area contributed by atoms with Crippen molar-refractivity contribution < 1.29 is 27.4 Å². The third-order valence-corrected chi connectivity index (χ3v) is 9.34. The molecule has 0 aliphatic carbocycles. The molecule has 2 aliphatic rings. The average Bonchev–Trinajstić information content (AvgIpc) is 3.78. The van der Waals surface area contributed by atoms with Crippen molar-refractivity contribution in [3.8, 4) is 22.3 Å². The van der Waals surface area contributed by atoms with E-state index in [1.54, 1.807) is 0 Å². The second-order valence-electron chi connectivity index (χ2n) is 12.5. The molecule has 50 heavy (non-hydrogen) atoms. The standard InChI is InChI=1S/2C19H16FN3O2/c2*1-10-17(11(2)25-23-10)12-3-8-16-15(9-12)19(21,18(24)22-16)13-4-6-14(20)7-5-13/h2*3-9H,21H2,1-2H3,(H,22,24). The number of carbonyl (C=O) groups excluding carboxylic acids is 2. The minimum absolute atomic E-state index is 0.343. The average molecular weight is 675 g/mol. The summed E-state index contributed by atoms with van der Waals surface area (Å²) in [7, 11) is 0. The van der Waals surface area contributed by atoms with Gasteiger partial charge in [-0.3, -0.25) is 9.59 Å². The van der Waals surface area contributed by atoms with Gasteiger partial charge in [0.2, 0.25) is 0 Å². The van der Waals surface area contributed by atoms with Crippen LogP contribution in [0.4, 0.5) is 20.2 Å². The number of hydrogen-bond donors (Lipinski definition) is 4. The minimum Gasteiger partial charge on any atom is -0.361 e. The zero-order valence-corrected chi connectivity index (χ0v) is 27.5. The quantitative estimate of drug-likeness (QED) is 0.165. The van der Waals surface area contributed by atoms with Gasteiger partial charge in [-0.2, -0.15) is 0 Å². The van der Waals surface area contributed by atoms with Gasteiger partial charge in [-0.1, -0.05) is 46.7 Å². The Kier molecular flexibility index (Phi) is 7.73. The number of anilines is 2. The van der Waals surface area contributed by atoms with Crippen LogP contribution in [-0.2, 0) is 20.7 Å². The normalized spacial score (nSPS) is 19.0. The molecular formula is C38H32F2N6O4. The fourth-order valence-electron chi connectivity index (χ4n) is 6.75. The predicted molar refractivity (Wildman–Crippen MR) is 183 cm³/mol. The molecule has 4 heterocycles. The monoisotopic (exact) mass is 674 g/mol. The molecule has 0 fully saturated rings. The highest BCUT2D eigenvalue weighted by Crippen LogP contribution is 2.43. The van der Waals surface area contributed by atoms with E-state index in [4.69, 9.17) is 20.5 Å². The Labute approximate surface area is 285 Å². The Morgan fingerprint density at radius 2 is 0.940 bits per heavy atom. The number of nitrogens with two attached hydrogens (primary N) is 2. The van der Waals surface area contributed by atoms with Gasteiger partial charge in [0.05, 0.1) is 11.4 Å². The number of hydrogen-bond acceptors (Lipinski definition) is 8. The molecule has 2 aliphatic heterocycles. The van der Waals surface area contributed by atoms with Crippen molar-refractivity contribution in [3.63, 3.8) is 0 Å². The molecule has 12 heteroatoms. The summed E-state index contributed by atoms with van der Waals surface area (Å²) in [5.41, 5.74) is 18.9. The second kappa shape index (κ2) is 11.9. The van der Waals surface area contributed by atoms with E-state index in [0.717, 1.165) is 33.6 Å². The van der Waals surface area contributed by atoms with Gasteiger partial charge in [-0.15, -0.1) is 0 Å². The highest BCUT2D eigenvalue weighted by Gasteiger charge is 2.46. The fraction of sp³-hybridized carbons (Fsp3) is 0.158. The highest BCUT2D eigenvalue weighted by molar-refractivity contribution is 6.09. The number of nitrogens with zero attached hydrogens (tertiary/aromatic N) is 2. The van der Waals surface area contributed by atoms with E-state index in [1.807, 2.05) is 64.1 Å². The van der Waals surface area contributed by atoms with Crippen LogP contribution in [0.5, 0.6) is 0 Å². The molecule has 10 nitrogen and oxygen atoms in total. The zero-order valence-electron chi connectivity index (χ0n) is 27.5. The van der Waals surface area contributed by atoms with Crippen LogP contribution in [0.3, 0.4) is 0 Å².